The second kappa shape index (κ2) is 11.0. The Bertz CT molecular complexity index is 1030. The Balaban J connectivity index is 1.60. The Morgan fingerprint density at radius 2 is 1.47 bits per heavy atom. The average molecular weight is 433 g/mol. The van der Waals surface area contributed by atoms with Gasteiger partial charge in [-0.1, -0.05) is 56.3 Å². The van der Waals surface area contributed by atoms with Crippen LogP contribution in [-0.2, 0) is 16.0 Å². The summed E-state index contributed by atoms with van der Waals surface area (Å²) in [4.78, 5) is 25.3. The molecule has 0 fully saturated rings. The van der Waals surface area contributed by atoms with E-state index in [0.717, 1.165) is 5.56 Å². The van der Waals surface area contributed by atoms with Gasteiger partial charge in [-0.2, -0.15) is 0 Å². The lowest BCUT2D eigenvalue weighted by Gasteiger charge is -2.22. The first-order valence-electron chi connectivity index (χ1n) is 10.5. The normalized spacial score (nSPS) is 11.5. The number of hydrogen-bond acceptors (Lipinski definition) is 4. The number of hydrogen-bond donors (Lipinski definition) is 2. The van der Waals surface area contributed by atoms with E-state index in [-0.39, 0.29) is 24.2 Å². The number of anilines is 1. The number of nitrogens with one attached hydrogen (secondary N) is 2. The molecular weight excluding hydrogens is 404 g/mol. The SMILES string of the molecule is COc1ccccc1Oc1ccc(NC(=O)C(NC(=O)Cc2ccccc2)C(C)C)cc1. The fraction of sp³-hybridized carbons (Fsp3) is 0.231. The summed E-state index contributed by atoms with van der Waals surface area (Å²) in [5.41, 5.74) is 1.52. The van der Waals surface area contributed by atoms with Crippen molar-refractivity contribution in [3.05, 3.63) is 84.4 Å². The molecule has 3 aromatic carbocycles. The Kier molecular flexibility index (Phi) is 7.86. The first-order chi connectivity index (χ1) is 15.5. The molecule has 3 aromatic rings. The largest absolute Gasteiger partial charge is 0.493 e. The van der Waals surface area contributed by atoms with Gasteiger partial charge < -0.3 is 20.1 Å². The van der Waals surface area contributed by atoms with Crippen molar-refractivity contribution in [1.82, 2.24) is 5.32 Å². The van der Waals surface area contributed by atoms with Crippen LogP contribution in [0, 0.1) is 5.92 Å². The Labute approximate surface area is 188 Å². The summed E-state index contributed by atoms with van der Waals surface area (Å²) in [6.07, 6.45) is 0.228. The minimum absolute atomic E-state index is 0.0668. The van der Waals surface area contributed by atoms with Crippen molar-refractivity contribution in [1.29, 1.82) is 0 Å². The van der Waals surface area contributed by atoms with Gasteiger partial charge in [-0.15, -0.1) is 0 Å². The highest BCUT2D eigenvalue weighted by atomic mass is 16.5. The number of para-hydroxylation sites is 2. The van der Waals surface area contributed by atoms with Gasteiger partial charge in [0.2, 0.25) is 11.8 Å². The first kappa shape index (κ1) is 22.9. The van der Waals surface area contributed by atoms with Gasteiger partial charge in [-0.3, -0.25) is 9.59 Å². The number of amides is 2. The molecule has 0 radical (unpaired) electrons. The molecule has 0 aliphatic rings. The molecule has 0 heterocycles. The van der Waals surface area contributed by atoms with E-state index in [0.29, 0.717) is 22.9 Å². The summed E-state index contributed by atoms with van der Waals surface area (Å²) in [5, 5.41) is 5.72. The zero-order valence-corrected chi connectivity index (χ0v) is 18.5. The minimum Gasteiger partial charge on any atom is -0.493 e. The summed E-state index contributed by atoms with van der Waals surface area (Å²) in [7, 11) is 1.59. The zero-order valence-electron chi connectivity index (χ0n) is 18.5. The van der Waals surface area contributed by atoms with Gasteiger partial charge >= 0.3 is 0 Å². The molecule has 0 saturated carbocycles. The lowest BCUT2D eigenvalue weighted by molar-refractivity contribution is -0.127. The van der Waals surface area contributed by atoms with Gasteiger partial charge in [-0.25, -0.2) is 0 Å². The summed E-state index contributed by atoms with van der Waals surface area (Å²) in [6.45, 7) is 3.80. The minimum atomic E-state index is -0.643. The van der Waals surface area contributed by atoms with Crippen LogP contribution >= 0.6 is 0 Å². The van der Waals surface area contributed by atoms with E-state index in [4.69, 9.17) is 9.47 Å². The molecule has 6 heteroatoms. The molecular formula is C26H28N2O4. The van der Waals surface area contributed by atoms with Crippen LogP contribution in [0.3, 0.4) is 0 Å². The molecule has 0 aliphatic carbocycles. The molecule has 0 bridgehead atoms. The molecule has 1 unspecified atom stereocenters. The highest BCUT2D eigenvalue weighted by Crippen LogP contribution is 2.31. The Morgan fingerprint density at radius 3 is 2.09 bits per heavy atom. The lowest BCUT2D eigenvalue weighted by atomic mass is 10.0. The van der Waals surface area contributed by atoms with E-state index in [2.05, 4.69) is 10.6 Å². The second-order valence-corrected chi connectivity index (χ2v) is 7.72. The molecule has 6 nitrogen and oxygen atoms in total. The fourth-order valence-electron chi connectivity index (χ4n) is 3.20. The Morgan fingerprint density at radius 1 is 0.844 bits per heavy atom. The van der Waals surface area contributed by atoms with E-state index in [1.807, 2.05) is 68.4 Å². The van der Waals surface area contributed by atoms with E-state index in [1.165, 1.54) is 0 Å². The maximum absolute atomic E-state index is 12.8. The summed E-state index contributed by atoms with van der Waals surface area (Å²) in [6, 6.07) is 23.2. The van der Waals surface area contributed by atoms with E-state index < -0.39 is 6.04 Å². The average Bonchev–Trinajstić information content (AvgIpc) is 2.79. The van der Waals surface area contributed by atoms with Crippen LogP contribution in [0.5, 0.6) is 17.2 Å². The van der Waals surface area contributed by atoms with Crippen LogP contribution < -0.4 is 20.1 Å². The molecule has 3 rings (SSSR count). The highest BCUT2D eigenvalue weighted by molar-refractivity contribution is 5.97. The number of carbonyl (C=O) groups excluding carboxylic acids is 2. The third-order valence-electron chi connectivity index (χ3n) is 4.89. The summed E-state index contributed by atoms with van der Waals surface area (Å²) in [5.74, 6) is 1.33. The highest BCUT2D eigenvalue weighted by Gasteiger charge is 2.24. The fourth-order valence-corrected chi connectivity index (χ4v) is 3.20. The third-order valence-corrected chi connectivity index (χ3v) is 4.89. The molecule has 0 spiro atoms. The predicted octanol–water partition coefficient (Wildman–Crippen LogP) is 4.81. The van der Waals surface area contributed by atoms with Crippen molar-refractivity contribution in [2.75, 3.05) is 12.4 Å². The first-order valence-corrected chi connectivity index (χ1v) is 10.5. The van der Waals surface area contributed by atoms with Crippen LogP contribution in [-0.4, -0.2) is 25.0 Å². The lowest BCUT2D eigenvalue weighted by Crippen LogP contribution is -2.47. The Hall–Kier alpha value is -3.80. The van der Waals surface area contributed by atoms with Crippen LogP contribution in [0.1, 0.15) is 19.4 Å². The van der Waals surface area contributed by atoms with Gasteiger partial charge in [0.15, 0.2) is 11.5 Å². The van der Waals surface area contributed by atoms with Crippen molar-refractivity contribution in [2.45, 2.75) is 26.3 Å². The topological polar surface area (TPSA) is 76.7 Å². The molecule has 1 atom stereocenters. The molecule has 2 amide bonds. The summed E-state index contributed by atoms with van der Waals surface area (Å²) < 4.78 is 11.2. The smallest absolute Gasteiger partial charge is 0.247 e. The van der Waals surface area contributed by atoms with E-state index >= 15 is 0 Å². The zero-order chi connectivity index (χ0) is 22.9. The molecule has 2 N–H and O–H groups in total. The standard InChI is InChI=1S/C26H28N2O4/c1-18(2)25(28-24(29)17-19-9-5-4-6-10-19)26(30)27-20-13-15-21(16-14-20)32-23-12-8-7-11-22(23)31-3/h4-16,18,25H,17H2,1-3H3,(H,27,30)(H,28,29). The number of rotatable bonds is 9. The second-order valence-electron chi connectivity index (χ2n) is 7.72. The maximum atomic E-state index is 12.8. The maximum Gasteiger partial charge on any atom is 0.247 e. The van der Waals surface area contributed by atoms with E-state index in [1.54, 1.807) is 31.4 Å². The molecule has 166 valence electrons. The van der Waals surface area contributed by atoms with Crippen molar-refractivity contribution in [2.24, 2.45) is 5.92 Å². The number of methoxy groups -OCH3 is 1. The molecule has 0 aromatic heterocycles. The number of ether oxygens (including phenoxy) is 2. The van der Waals surface area contributed by atoms with Gasteiger partial charge in [0.25, 0.3) is 0 Å². The van der Waals surface area contributed by atoms with Crippen LogP contribution in [0.2, 0.25) is 0 Å². The number of carbonyl (C=O) groups is 2. The van der Waals surface area contributed by atoms with Crippen molar-refractivity contribution < 1.29 is 19.1 Å². The third kappa shape index (κ3) is 6.35. The quantitative estimate of drug-likeness (QED) is 0.509. The van der Waals surface area contributed by atoms with Crippen molar-refractivity contribution in [3.8, 4) is 17.2 Å². The predicted molar refractivity (Wildman–Crippen MR) is 125 cm³/mol. The van der Waals surface area contributed by atoms with Gasteiger partial charge in [0.1, 0.15) is 11.8 Å². The van der Waals surface area contributed by atoms with Crippen LogP contribution in [0.15, 0.2) is 78.9 Å². The van der Waals surface area contributed by atoms with Gasteiger partial charge in [0, 0.05) is 5.69 Å². The van der Waals surface area contributed by atoms with Crippen molar-refractivity contribution in [3.63, 3.8) is 0 Å². The molecule has 32 heavy (non-hydrogen) atoms. The number of benzene rings is 3. The molecule has 0 saturated heterocycles. The monoisotopic (exact) mass is 432 g/mol. The van der Waals surface area contributed by atoms with Crippen LogP contribution in [0.25, 0.3) is 0 Å². The van der Waals surface area contributed by atoms with Gasteiger partial charge in [-0.05, 0) is 47.9 Å². The van der Waals surface area contributed by atoms with Crippen molar-refractivity contribution >= 4 is 17.5 Å². The summed E-state index contributed by atoms with van der Waals surface area (Å²) >= 11 is 0. The van der Waals surface area contributed by atoms with E-state index in [9.17, 15) is 9.59 Å². The molecule has 0 aliphatic heterocycles. The van der Waals surface area contributed by atoms with Crippen LogP contribution in [0.4, 0.5) is 5.69 Å². The van der Waals surface area contributed by atoms with Gasteiger partial charge in [0.05, 0.1) is 13.5 Å².